The summed E-state index contributed by atoms with van der Waals surface area (Å²) in [6.45, 7) is 8.69. The summed E-state index contributed by atoms with van der Waals surface area (Å²) in [5.41, 5.74) is 5.59. The van der Waals surface area contributed by atoms with Crippen LogP contribution in [-0.2, 0) is 38.0 Å². The molecule has 344 valence electrons. The second-order valence-electron chi connectivity index (χ2n) is 14.7. The first-order valence-electron chi connectivity index (χ1n) is 20.6. The number of rotatable bonds is 26. The maximum atomic E-state index is 12.2. The smallest absolute Gasteiger partial charge is 0.414 e. The van der Waals surface area contributed by atoms with Crippen molar-refractivity contribution in [2.75, 3.05) is 110 Å². The van der Waals surface area contributed by atoms with Gasteiger partial charge in [0.15, 0.2) is 0 Å². The number of ether oxygens (including phenoxy) is 7. The lowest BCUT2D eigenvalue weighted by Gasteiger charge is -2.24. The SMILES string of the molecule is CN(C(=O)OC(C)(C)C)c1ccc(/C=C/c2ccc(OCCOCCOCCOS(C)(=O)=O)cc2)cc1.CNc1ccc(/C=C/c2ccc(OCCOCCOCC[18F])cc2)cc1. The van der Waals surface area contributed by atoms with Crippen LogP contribution in [0.2, 0.25) is 0 Å². The Bertz CT molecular complexity index is 2020. The molecule has 4 aromatic carbocycles. The van der Waals surface area contributed by atoms with E-state index in [-0.39, 0.29) is 19.8 Å². The van der Waals surface area contributed by atoms with E-state index < -0.39 is 28.5 Å². The van der Waals surface area contributed by atoms with Gasteiger partial charge in [0, 0.05) is 25.5 Å². The van der Waals surface area contributed by atoms with Crippen molar-refractivity contribution in [2.24, 2.45) is 0 Å². The van der Waals surface area contributed by atoms with E-state index in [0.29, 0.717) is 52.9 Å². The van der Waals surface area contributed by atoms with Crippen molar-refractivity contribution in [2.45, 2.75) is 26.4 Å². The highest BCUT2D eigenvalue weighted by atomic mass is 32.2. The van der Waals surface area contributed by atoms with Crippen molar-refractivity contribution < 1.29 is 54.9 Å². The zero-order chi connectivity index (χ0) is 45.8. The van der Waals surface area contributed by atoms with Crippen LogP contribution in [0.25, 0.3) is 24.3 Å². The lowest BCUT2D eigenvalue weighted by atomic mass is 10.1. The van der Waals surface area contributed by atoms with E-state index in [0.717, 1.165) is 51.4 Å². The van der Waals surface area contributed by atoms with E-state index in [1.54, 1.807) is 7.05 Å². The summed E-state index contributed by atoms with van der Waals surface area (Å²) < 4.78 is 75.6. The van der Waals surface area contributed by atoms with Crippen molar-refractivity contribution in [3.63, 3.8) is 0 Å². The van der Waals surface area contributed by atoms with Crippen LogP contribution in [0, 0.1) is 0 Å². The molecule has 4 aromatic rings. The highest BCUT2D eigenvalue weighted by Gasteiger charge is 2.20. The molecule has 0 saturated carbocycles. The van der Waals surface area contributed by atoms with Gasteiger partial charge in [-0.3, -0.25) is 9.08 Å². The zero-order valence-electron chi connectivity index (χ0n) is 37.3. The lowest BCUT2D eigenvalue weighted by molar-refractivity contribution is 0.0280. The molecule has 0 aliphatic rings. The minimum absolute atomic E-state index is 0.00709. The van der Waals surface area contributed by atoms with Crippen LogP contribution in [0.4, 0.5) is 20.6 Å². The molecule has 63 heavy (non-hydrogen) atoms. The van der Waals surface area contributed by atoms with Crippen LogP contribution in [0.15, 0.2) is 97.1 Å². The number of amides is 1. The number of anilines is 2. The van der Waals surface area contributed by atoms with Crippen LogP contribution in [0.3, 0.4) is 0 Å². The first kappa shape index (κ1) is 52.1. The van der Waals surface area contributed by atoms with Crippen LogP contribution in [0.5, 0.6) is 11.5 Å². The van der Waals surface area contributed by atoms with Gasteiger partial charge in [-0.1, -0.05) is 72.8 Å². The molecular formula is C48H63FN2O11S. The summed E-state index contributed by atoms with van der Waals surface area (Å²) >= 11 is 0. The summed E-state index contributed by atoms with van der Waals surface area (Å²) in [5.74, 6) is 1.54. The molecule has 0 aromatic heterocycles. The minimum Gasteiger partial charge on any atom is -0.491 e. The molecule has 0 atom stereocenters. The fraction of sp³-hybridized carbons (Fsp3) is 0.396. The maximum absolute atomic E-state index is 12.2. The van der Waals surface area contributed by atoms with Crippen molar-refractivity contribution in [1.82, 2.24) is 0 Å². The molecule has 1 N–H and O–H groups in total. The lowest BCUT2D eigenvalue weighted by Crippen LogP contribution is -2.34. The number of alkyl halides is 1. The van der Waals surface area contributed by atoms with Gasteiger partial charge in [0.1, 0.15) is 37.0 Å². The van der Waals surface area contributed by atoms with Crippen molar-refractivity contribution in [3.8, 4) is 11.5 Å². The molecule has 0 aliphatic carbocycles. The second kappa shape index (κ2) is 29.1. The average Bonchev–Trinajstić information content (AvgIpc) is 3.26. The number of hydrogen-bond donors (Lipinski definition) is 1. The first-order valence-corrected chi connectivity index (χ1v) is 22.4. The van der Waals surface area contributed by atoms with Gasteiger partial charge in [-0.15, -0.1) is 0 Å². The van der Waals surface area contributed by atoms with E-state index in [4.69, 9.17) is 33.2 Å². The molecule has 0 spiro atoms. The number of carbonyl (C=O) groups is 1. The van der Waals surface area contributed by atoms with Gasteiger partial charge >= 0.3 is 6.09 Å². The largest absolute Gasteiger partial charge is 0.491 e. The third kappa shape index (κ3) is 24.2. The number of benzene rings is 4. The first-order chi connectivity index (χ1) is 30.2. The Morgan fingerprint density at radius 1 is 0.587 bits per heavy atom. The van der Waals surface area contributed by atoms with Crippen LogP contribution >= 0.6 is 0 Å². The molecule has 0 fully saturated rings. The number of carbonyl (C=O) groups excluding carboxylic acids is 1. The third-order valence-corrected chi connectivity index (χ3v) is 8.92. The van der Waals surface area contributed by atoms with Crippen molar-refractivity contribution >= 4 is 51.9 Å². The van der Waals surface area contributed by atoms with Crippen LogP contribution in [0.1, 0.15) is 43.0 Å². The van der Waals surface area contributed by atoms with Gasteiger partial charge in [-0.25, -0.2) is 9.18 Å². The molecule has 4 rings (SSSR count). The quantitative estimate of drug-likeness (QED) is 0.0366. The fourth-order valence-corrected chi connectivity index (χ4v) is 5.49. The van der Waals surface area contributed by atoms with Gasteiger partial charge < -0.3 is 38.5 Å². The van der Waals surface area contributed by atoms with E-state index in [9.17, 15) is 17.6 Å². The summed E-state index contributed by atoms with van der Waals surface area (Å²) in [7, 11) is 0.162. The van der Waals surface area contributed by atoms with E-state index in [1.165, 1.54) is 4.90 Å². The Morgan fingerprint density at radius 3 is 1.33 bits per heavy atom. The van der Waals surface area contributed by atoms with Crippen molar-refractivity contribution in [1.29, 1.82) is 0 Å². The highest BCUT2D eigenvalue weighted by Crippen LogP contribution is 2.20. The van der Waals surface area contributed by atoms with E-state index in [2.05, 4.69) is 33.8 Å². The number of halogens is 1. The Labute approximate surface area is 372 Å². The molecule has 0 radical (unpaired) electrons. The number of hydrogen-bond acceptors (Lipinski definition) is 12. The standard InChI is InChI=1S/C27H37NO8S.C21H26FNO3/c1-27(2,3)36-26(29)28(4)24-12-8-22(9-13-24)6-7-23-10-14-25(15-11-23)34-20-18-32-16-17-33-19-21-35-37(5,30)31;1-23-20-8-4-18(5-9-20)2-3-19-6-10-21(11-7-19)26-17-16-25-15-14-24-13-12-22/h6-15H,16-21H2,1-5H3;2-11,23H,12-17H2,1H3/b7-6+;3-2+/i;22-1. The van der Waals surface area contributed by atoms with Crippen LogP contribution < -0.4 is 19.7 Å². The van der Waals surface area contributed by atoms with Gasteiger partial charge in [0.25, 0.3) is 10.1 Å². The molecule has 0 unspecified atom stereocenters. The van der Waals surface area contributed by atoms with E-state index >= 15 is 0 Å². The van der Waals surface area contributed by atoms with Crippen molar-refractivity contribution in [3.05, 3.63) is 119 Å². The van der Waals surface area contributed by atoms with Gasteiger partial charge in [-0.2, -0.15) is 8.42 Å². The minimum atomic E-state index is -3.43. The summed E-state index contributed by atoms with van der Waals surface area (Å²) in [5, 5.41) is 3.10. The van der Waals surface area contributed by atoms with E-state index in [1.807, 2.05) is 125 Å². The summed E-state index contributed by atoms with van der Waals surface area (Å²) in [6.07, 6.45) is 8.74. The Balaban J connectivity index is 0.000000356. The molecule has 0 heterocycles. The van der Waals surface area contributed by atoms with Gasteiger partial charge in [-0.05, 0) is 91.6 Å². The fourth-order valence-electron chi connectivity index (χ4n) is 5.12. The normalized spacial score (nSPS) is 11.6. The zero-order valence-corrected chi connectivity index (χ0v) is 38.1. The molecule has 0 saturated heterocycles. The van der Waals surface area contributed by atoms with Crippen LogP contribution in [-0.4, -0.2) is 120 Å². The Kier molecular flexibility index (Phi) is 24.1. The third-order valence-electron chi connectivity index (χ3n) is 8.33. The summed E-state index contributed by atoms with van der Waals surface area (Å²) in [6, 6.07) is 31.5. The number of nitrogens with one attached hydrogen (secondary N) is 1. The predicted molar refractivity (Wildman–Crippen MR) is 249 cm³/mol. The number of nitrogens with zero attached hydrogens (tertiary/aromatic N) is 1. The predicted octanol–water partition coefficient (Wildman–Crippen LogP) is 8.90. The topological polar surface area (TPSA) is 140 Å². The molecule has 0 bridgehead atoms. The second-order valence-corrected chi connectivity index (χ2v) is 16.3. The average molecular weight is 894 g/mol. The summed E-state index contributed by atoms with van der Waals surface area (Å²) in [4.78, 5) is 13.7. The molecule has 0 aliphatic heterocycles. The highest BCUT2D eigenvalue weighted by molar-refractivity contribution is 7.85. The van der Waals surface area contributed by atoms with Gasteiger partial charge in [0.05, 0.1) is 65.7 Å². The molecule has 13 nitrogen and oxygen atoms in total. The Morgan fingerprint density at radius 2 is 0.952 bits per heavy atom. The molecule has 1 amide bonds. The maximum Gasteiger partial charge on any atom is 0.414 e. The Hall–Kier alpha value is -5.29. The monoisotopic (exact) mass is 893 g/mol. The molecular weight excluding hydrogens is 831 g/mol. The molecule has 15 heteroatoms. The van der Waals surface area contributed by atoms with Gasteiger partial charge in [0.2, 0.25) is 0 Å².